The van der Waals surface area contributed by atoms with Gasteiger partial charge >= 0.3 is 0 Å². The highest BCUT2D eigenvalue weighted by molar-refractivity contribution is 6.03. The molecular formula is C12H10F3N3O. The van der Waals surface area contributed by atoms with Crippen molar-refractivity contribution in [3.8, 4) is 0 Å². The Morgan fingerprint density at radius 1 is 1.37 bits per heavy atom. The number of aromatic nitrogens is 2. The Bertz CT molecular complexity index is 566. The molecule has 0 radical (unpaired) electrons. The molecule has 2 rings (SSSR count). The van der Waals surface area contributed by atoms with Crippen molar-refractivity contribution >= 4 is 11.6 Å². The van der Waals surface area contributed by atoms with E-state index in [0.29, 0.717) is 0 Å². The molecule has 100 valence electrons. The minimum Gasteiger partial charge on any atom is -0.338 e. The number of hydrogen-bond acceptors (Lipinski definition) is 2. The minimum atomic E-state index is -2.55. The van der Waals surface area contributed by atoms with Crippen molar-refractivity contribution in [1.29, 1.82) is 0 Å². The Hall–Kier alpha value is -2.31. The van der Waals surface area contributed by atoms with Crippen molar-refractivity contribution < 1.29 is 18.0 Å². The highest BCUT2D eigenvalue weighted by Crippen LogP contribution is 2.11. The molecule has 19 heavy (non-hydrogen) atoms. The Kier molecular flexibility index (Phi) is 3.84. The summed E-state index contributed by atoms with van der Waals surface area (Å²) in [6.07, 6.45) is -0.0103. The fourth-order valence-corrected chi connectivity index (χ4v) is 1.57. The van der Waals surface area contributed by atoms with Crippen molar-refractivity contribution in [2.24, 2.45) is 0 Å². The molecule has 0 aliphatic heterocycles. The normalized spacial score (nSPS) is 10.7. The Morgan fingerprint density at radius 3 is 2.79 bits per heavy atom. The van der Waals surface area contributed by atoms with Crippen molar-refractivity contribution in [3.63, 3.8) is 0 Å². The SMILES string of the molecule is O=C(Nc1ccc(F)nc1)c1cccn1CC(F)F. The first-order valence-corrected chi connectivity index (χ1v) is 5.42. The molecule has 1 amide bonds. The molecule has 2 aromatic rings. The van der Waals surface area contributed by atoms with Gasteiger partial charge in [0.05, 0.1) is 18.4 Å². The lowest BCUT2D eigenvalue weighted by Gasteiger charge is -2.09. The smallest absolute Gasteiger partial charge is 0.272 e. The van der Waals surface area contributed by atoms with Crippen LogP contribution in [0.25, 0.3) is 0 Å². The second kappa shape index (κ2) is 5.55. The number of carbonyl (C=O) groups is 1. The molecule has 0 aliphatic carbocycles. The average Bonchev–Trinajstić information content (AvgIpc) is 2.79. The summed E-state index contributed by atoms with van der Waals surface area (Å²) in [4.78, 5) is 15.2. The van der Waals surface area contributed by atoms with Gasteiger partial charge in [0, 0.05) is 6.20 Å². The van der Waals surface area contributed by atoms with E-state index in [1.165, 1.54) is 24.4 Å². The highest BCUT2D eigenvalue weighted by atomic mass is 19.3. The third-order valence-corrected chi connectivity index (χ3v) is 2.38. The lowest BCUT2D eigenvalue weighted by Crippen LogP contribution is -2.19. The van der Waals surface area contributed by atoms with Gasteiger partial charge in [-0.1, -0.05) is 0 Å². The topological polar surface area (TPSA) is 46.9 Å². The van der Waals surface area contributed by atoms with Crippen LogP contribution in [0, 0.1) is 5.95 Å². The number of halogens is 3. The first kappa shape index (κ1) is 13.1. The first-order chi connectivity index (χ1) is 9.06. The molecule has 2 heterocycles. The molecule has 0 unspecified atom stereocenters. The number of carbonyl (C=O) groups excluding carboxylic acids is 1. The lowest BCUT2D eigenvalue weighted by molar-refractivity contribution is 0.0997. The van der Waals surface area contributed by atoms with Gasteiger partial charge < -0.3 is 9.88 Å². The largest absolute Gasteiger partial charge is 0.338 e. The summed E-state index contributed by atoms with van der Waals surface area (Å²) in [6.45, 7) is -0.558. The molecule has 4 nitrogen and oxygen atoms in total. The molecule has 2 aromatic heterocycles. The van der Waals surface area contributed by atoms with E-state index in [4.69, 9.17) is 0 Å². The van der Waals surface area contributed by atoms with Gasteiger partial charge in [-0.3, -0.25) is 4.79 Å². The van der Waals surface area contributed by atoms with Gasteiger partial charge in [-0.05, 0) is 24.3 Å². The zero-order chi connectivity index (χ0) is 13.8. The van der Waals surface area contributed by atoms with Crippen molar-refractivity contribution in [3.05, 3.63) is 48.3 Å². The van der Waals surface area contributed by atoms with E-state index >= 15 is 0 Å². The van der Waals surface area contributed by atoms with Crippen LogP contribution in [-0.2, 0) is 6.54 Å². The Balaban J connectivity index is 2.11. The van der Waals surface area contributed by atoms with Gasteiger partial charge in [-0.2, -0.15) is 4.39 Å². The van der Waals surface area contributed by atoms with Crippen LogP contribution in [0.1, 0.15) is 10.5 Å². The molecule has 0 bridgehead atoms. The van der Waals surface area contributed by atoms with Gasteiger partial charge in [-0.25, -0.2) is 13.8 Å². The second-order valence-corrected chi connectivity index (χ2v) is 3.76. The fourth-order valence-electron chi connectivity index (χ4n) is 1.57. The van der Waals surface area contributed by atoms with E-state index in [1.54, 1.807) is 0 Å². The minimum absolute atomic E-state index is 0.102. The third-order valence-electron chi connectivity index (χ3n) is 2.38. The maximum absolute atomic E-state index is 12.6. The van der Waals surface area contributed by atoms with Crippen LogP contribution in [0.3, 0.4) is 0 Å². The van der Waals surface area contributed by atoms with Crippen molar-refractivity contribution in [1.82, 2.24) is 9.55 Å². The molecule has 0 aromatic carbocycles. The van der Waals surface area contributed by atoms with Crippen LogP contribution in [0.5, 0.6) is 0 Å². The van der Waals surface area contributed by atoms with E-state index in [9.17, 15) is 18.0 Å². The maximum atomic E-state index is 12.6. The van der Waals surface area contributed by atoms with Crippen LogP contribution in [0.15, 0.2) is 36.7 Å². The summed E-state index contributed by atoms with van der Waals surface area (Å²) in [5.74, 6) is -1.22. The predicted octanol–water partition coefficient (Wildman–Crippen LogP) is 2.54. The third kappa shape index (κ3) is 3.34. The van der Waals surface area contributed by atoms with Crippen LogP contribution in [0.2, 0.25) is 0 Å². The van der Waals surface area contributed by atoms with Gasteiger partial charge in [0.1, 0.15) is 5.69 Å². The zero-order valence-corrected chi connectivity index (χ0v) is 9.69. The standard InChI is InChI=1S/C12H10F3N3O/c13-10(14)7-18-5-1-2-9(18)12(19)17-8-3-4-11(15)16-6-8/h1-6,10H,7H2,(H,17,19). The molecule has 0 fully saturated rings. The first-order valence-electron chi connectivity index (χ1n) is 5.42. The number of alkyl halides is 2. The molecule has 7 heteroatoms. The van der Waals surface area contributed by atoms with Crippen LogP contribution < -0.4 is 5.32 Å². The van der Waals surface area contributed by atoms with E-state index in [-0.39, 0.29) is 11.4 Å². The van der Waals surface area contributed by atoms with Crippen LogP contribution >= 0.6 is 0 Å². The monoisotopic (exact) mass is 269 g/mol. The molecule has 0 spiro atoms. The summed E-state index contributed by atoms with van der Waals surface area (Å²) in [5, 5.41) is 2.45. The Labute approximate surface area is 106 Å². The molecule has 0 atom stereocenters. The number of hydrogen-bond donors (Lipinski definition) is 1. The summed E-state index contributed by atoms with van der Waals surface area (Å²) in [5.41, 5.74) is 0.390. The molecule has 1 N–H and O–H groups in total. The number of anilines is 1. The van der Waals surface area contributed by atoms with Gasteiger partial charge in [0.25, 0.3) is 12.3 Å². The van der Waals surface area contributed by atoms with E-state index in [1.807, 2.05) is 0 Å². The zero-order valence-electron chi connectivity index (χ0n) is 9.69. The molecule has 0 saturated heterocycles. The van der Waals surface area contributed by atoms with Crippen molar-refractivity contribution in [2.45, 2.75) is 13.0 Å². The van der Waals surface area contributed by atoms with Gasteiger partial charge in [0.2, 0.25) is 5.95 Å². The van der Waals surface area contributed by atoms with Gasteiger partial charge in [-0.15, -0.1) is 0 Å². The van der Waals surface area contributed by atoms with Crippen LogP contribution in [-0.4, -0.2) is 21.9 Å². The summed E-state index contributed by atoms with van der Waals surface area (Å²) >= 11 is 0. The van der Waals surface area contributed by atoms with Crippen LogP contribution in [0.4, 0.5) is 18.9 Å². The number of pyridine rings is 1. The van der Waals surface area contributed by atoms with E-state index in [0.717, 1.165) is 16.8 Å². The summed E-state index contributed by atoms with van der Waals surface area (Å²) < 4.78 is 38.4. The van der Waals surface area contributed by atoms with E-state index in [2.05, 4.69) is 10.3 Å². The molecular weight excluding hydrogens is 259 g/mol. The molecule has 0 aliphatic rings. The number of rotatable bonds is 4. The second-order valence-electron chi connectivity index (χ2n) is 3.76. The lowest BCUT2D eigenvalue weighted by atomic mass is 10.3. The Morgan fingerprint density at radius 2 is 2.16 bits per heavy atom. The van der Waals surface area contributed by atoms with Gasteiger partial charge in [0.15, 0.2) is 0 Å². The number of nitrogens with zero attached hydrogens (tertiary/aromatic N) is 2. The summed E-state index contributed by atoms with van der Waals surface area (Å²) in [7, 11) is 0. The summed E-state index contributed by atoms with van der Waals surface area (Å²) in [6, 6.07) is 5.35. The molecule has 0 saturated carbocycles. The van der Waals surface area contributed by atoms with Crippen molar-refractivity contribution in [2.75, 3.05) is 5.32 Å². The quantitative estimate of drug-likeness (QED) is 0.867. The fraction of sp³-hybridized carbons (Fsp3) is 0.167. The number of nitrogens with one attached hydrogen (secondary N) is 1. The average molecular weight is 269 g/mol. The van der Waals surface area contributed by atoms with E-state index < -0.39 is 24.8 Å². The number of amides is 1. The maximum Gasteiger partial charge on any atom is 0.272 e. The highest BCUT2D eigenvalue weighted by Gasteiger charge is 2.14. The predicted molar refractivity (Wildman–Crippen MR) is 62.6 cm³/mol.